The van der Waals surface area contributed by atoms with Gasteiger partial charge in [-0.1, -0.05) is 36.4 Å². The third kappa shape index (κ3) is 5.88. The van der Waals surface area contributed by atoms with E-state index in [0.29, 0.717) is 19.0 Å². The summed E-state index contributed by atoms with van der Waals surface area (Å²) in [5.74, 6) is 2.35. The number of pyridine rings is 1. The average Bonchev–Trinajstić information content (AvgIpc) is 3.56. The first-order chi connectivity index (χ1) is 15.8. The monoisotopic (exact) mass is 433 g/mol. The minimum Gasteiger partial charge on any atom is -0.473 e. The quantitative estimate of drug-likeness (QED) is 0.395. The molecule has 0 radical (unpaired) electrons. The molecule has 2 N–H and O–H groups in total. The van der Waals surface area contributed by atoms with Crippen molar-refractivity contribution in [2.24, 2.45) is 4.99 Å². The van der Waals surface area contributed by atoms with E-state index in [1.165, 1.54) is 12.8 Å². The first kappa shape index (κ1) is 21.9. The highest BCUT2D eigenvalue weighted by Crippen LogP contribution is 2.24. The number of likely N-dealkylation sites (tertiary alicyclic amines) is 1. The molecule has 4 rings (SSSR count). The summed E-state index contributed by atoms with van der Waals surface area (Å²) in [5.41, 5.74) is 2.09. The number of hydrogen-bond donors (Lipinski definition) is 2. The largest absolute Gasteiger partial charge is 0.473 e. The number of rotatable bonds is 9. The number of aromatic nitrogens is 1. The van der Waals surface area contributed by atoms with E-state index in [1.807, 2.05) is 54.6 Å². The van der Waals surface area contributed by atoms with Gasteiger partial charge < -0.3 is 19.8 Å². The average molecular weight is 434 g/mol. The zero-order valence-electron chi connectivity index (χ0n) is 18.5. The van der Waals surface area contributed by atoms with Crippen molar-refractivity contribution in [3.05, 3.63) is 83.9 Å². The van der Waals surface area contributed by atoms with Crippen LogP contribution in [0.4, 0.5) is 0 Å². The van der Waals surface area contributed by atoms with Gasteiger partial charge in [0.05, 0.1) is 12.3 Å². The van der Waals surface area contributed by atoms with Crippen molar-refractivity contribution >= 4 is 5.96 Å². The van der Waals surface area contributed by atoms with Crippen molar-refractivity contribution < 1.29 is 9.15 Å². The van der Waals surface area contributed by atoms with Gasteiger partial charge in [-0.2, -0.15) is 0 Å². The van der Waals surface area contributed by atoms with Gasteiger partial charge in [0.1, 0.15) is 12.4 Å². The van der Waals surface area contributed by atoms with Crippen LogP contribution in [0.5, 0.6) is 5.88 Å². The molecular weight excluding hydrogens is 402 g/mol. The van der Waals surface area contributed by atoms with Gasteiger partial charge in [0.25, 0.3) is 0 Å². The smallest absolute Gasteiger partial charge is 0.218 e. The Kier molecular flexibility index (Phi) is 7.76. The van der Waals surface area contributed by atoms with Crippen LogP contribution >= 0.6 is 0 Å². The summed E-state index contributed by atoms with van der Waals surface area (Å²) in [6, 6.07) is 18.2. The highest BCUT2D eigenvalue weighted by Gasteiger charge is 2.25. The maximum atomic E-state index is 5.97. The highest BCUT2D eigenvalue weighted by atomic mass is 16.5. The zero-order chi connectivity index (χ0) is 22.0. The molecule has 1 aliphatic rings. The molecule has 1 unspecified atom stereocenters. The fourth-order valence-corrected chi connectivity index (χ4v) is 3.95. The van der Waals surface area contributed by atoms with Gasteiger partial charge in [0.15, 0.2) is 5.96 Å². The Morgan fingerprint density at radius 2 is 1.94 bits per heavy atom. The second-order valence-corrected chi connectivity index (χ2v) is 7.82. The molecule has 168 valence electrons. The van der Waals surface area contributed by atoms with Crippen LogP contribution in [0.3, 0.4) is 0 Å². The van der Waals surface area contributed by atoms with E-state index in [9.17, 15) is 0 Å². The molecule has 7 nitrogen and oxygen atoms in total. The van der Waals surface area contributed by atoms with Gasteiger partial charge >= 0.3 is 0 Å². The molecule has 2 aromatic heterocycles. The number of benzene rings is 1. The highest BCUT2D eigenvalue weighted by molar-refractivity contribution is 5.79. The van der Waals surface area contributed by atoms with E-state index in [2.05, 4.69) is 25.5 Å². The third-order valence-corrected chi connectivity index (χ3v) is 5.65. The van der Waals surface area contributed by atoms with Crippen molar-refractivity contribution in [1.82, 2.24) is 20.5 Å². The molecule has 0 saturated carbocycles. The second kappa shape index (κ2) is 11.3. The fraction of sp³-hybridized carbons (Fsp3) is 0.360. The molecule has 0 amide bonds. The number of nitrogens with one attached hydrogen (secondary N) is 2. The Morgan fingerprint density at radius 1 is 1.09 bits per heavy atom. The van der Waals surface area contributed by atoms with E-state index in [-0.39, 0.29) is 6.04 Å². The molecule has 1 aliphatic heterocycles. The molecule has 0 aliphatic carbocycles. The normalized spacial score (nSPS) is 15.5. The van der Waals surface area contributed by atoms with E-state index in [4.69, 9.17) is 9.15 Å². The SMILES string of the molecule is CN=C(NCc1cccnc1OCc1ccccc1)NCC(c1ccco1)N1CCCC1. The van der Waals surface area contributed by atoms with E-state index < -0.39 is 0 Å². The third-order valence-electron chi connectivity index (χ3n) is 5.65. The molecule has 32 heavy (non-hydrogen) atoms. The van der Waals surface area contributed by atoms with Crippen molar-refractivity contribution in [3.8, 4) is 5.88 Å². The second-order valence-electron chi connectivity index (χ2n) is 7.82. The van der Waals surface area contributed by atoms with Crippen molar-refractivity contribution in [2.45, 2.75) is 32.0 Å². The topological polar surface area (TPSA) is 74.9 Å². The standard InChI is InChI=1S/C25H31N5O2/c1-26-25(29-18-22(23-12-8-16-31-23)30-14-5-6-15-30)28-17-21-11-7-13-27-24(21)32-19-20-9-3-2-4-10-20/h2-4,7-13,16,22H,5-6,14-15,17-19H2,1H3,(H2,26,28,29). The van der Waals surface area contributed by atoms with E-state index in [0.717, 1.165) is 42.5 Å². The Morgan fingerprint density at radius 3 is 2.69 bits per heavy atom. The summed E-state index contributed by atoms with van der Waals surface area (Å²) in [7, 11) is 1.78. The van der Waals surface area contributed by atoms with Gasteiger partial charge in [-0.3, -0.25) is 9.89 Å². The molecule has 3 heterocycles. The Bertz CT molecular complexity index is 969. The maximum absolute atomic E-state index is 5.97. The predicted molar refractivity (Wildman–Crippen MR) is 125 cm³/mol. The van der Waals surface area contributed by atoms with Gasteiger partial charge in [0, 0.05) is 31.9 Å². The predicted octanol–water partition coefficient (Wildman–Crippen LogP) is 3.76. The van der Waals surface area contributed by atoms with Crippen LogP contribution in [0.2, 0.25) is 0 Å². The van der Waals surface area contributed by atoms with Crippen LogP contribution in [-0.4, -0.2) is 42.5 Å². The molecule has 7 heteroatoms. The zero-order valence-corrected chi connectivity index (χ0v) is 18.5. The summed E-state index contributed by atoms with van der Waals surface area (Å²) < 4.78 is 11.7. The first-order valence-electron chi connectivity index (χ1n) is 11.2. The molecular formula is C25H31N5O2. The molecule has 1 saturated heterocycles. The van der Waals surface area contributed by atoms with Gasteiger partial charge in [-0.05, 0) is 49.7 Å². The lowest BCUT2D eigenvalue weighted by molar-refractivity contribution is 0.215. The molecule has 0 bridgehead atoms. The Labute approximate surface area is 189 Å². The summed E-state index contributed by atoms with van der Waals surface area (Å²) in [4.78, 5) is 11.3. The number of nitrogens with zero attached hydrogens (tertiary/aromatic N) is 3. The minimum absolute atomic E-state index is 0.189. The molecule has 3 aromatic rings. The van der Waals surface area contributed by atoms with Crippen LogP contribution in [0.15, 0.2) is 76.5 Å². The van der Waals surface area contributed by atoms with Crippen molar-refractivity contribution in [3.63, 3.8) is 0 Å². The lowest BCUT2D eigenvalue weighted by Crippen LogP contribution is -2.42. The summed E-state index contributed by atoms with van der Waals surface area (Å²) >= 11 is 0. The van der Waals surface area contributed by atoms with Crippen molar-refractivity contribution in [1.29, 1.82) is 0 Å². The Balaban J connectivity index is 1.33. The summed E-state index contributed by atoms with van der Waals surface area (Å²) in [6.45, 7) is 3.95. The van der Waals surface area contributed by atoms with Gasteiger partial charge in [-0.25, -0.2) is 4.98 Å². The lowest BCUT2D eigenvalue weighted by atomic mass is 10.2. The van der Waals surface area contributed by atoms with Crippen LogP contribution < -0.4 is 15.4 Å². The van der Waals surface area contributed by atoms with Gasteiger partial charge in [-0.15, -0.1) is 0 Å². The number of hydrogen-bond acceptors (Lipinski definition) is 5. The molecule has 1 atom stereocenters. The van der Waals surface area contributed by atoms with E-state index >= 15 is 0 Å². The van der Waals surface area contributed by atoms with Crippen LogP contribution in [-0.2, 0) is 13.2 Å². The van der Waals surface area contributed by atoms with E-state index in [1.54, 1.807) is 19.5 Å². The molecule has 1 aromatic carbocycles. The minimum atomic E-state index is 0.189. The van der Waals surface area contributed by atoms with Crippen LogP contribution in [0.25, 0.3) is 0 Å². The Hall–Kier alpha value is -3.32. The summed E-state index contributed by atoms with van der Waals surface area (Å²) in [5, 5.41) is 6.84. The van der Waals surface area contributed by atoms with Crippen LogP contribution in [0.1, 0.15) is 35.8 Å². The molecule has 1 fully saturated rings. The first-order valence-corrected chi connectivity index (χ1v) is 11.2. The number of furan rings is 1. The van der Waals surface area contributed by atoms with Crippen molar-refractivity contribution in [2.75, 3.05) is 26.7 Å². The number of ether oxygens (including phenoxy) is 1. The summed E-state index contributed by atoms with van der Waals surface area (Å²) in [6.07, 6.45) is 5.96. The molecule has 0 spiro atoms. The van der Waals surface area contributed by atoms with Crippen LogP contribution in [0, 0.1) is 0 Å². The van der Waals surface area contributed by atoms with Gasteiger partial charge in [0.2, 0.25) is 5.88 Å². The number of guanidine groups is 1. The fourth-order valence-electron chi connectivity index (χ4n) is 3.95. The number of aliphatic imine (C=N–C) groups is 1. The lowest BCUT2D eigenvalue weighted by Gasteiger charge is -2.26. The maximum Gasteiger partial charge on any atom is 0.218 e.